The molecule has 2 aromatic rings. The van der Waals surface area contributed by atoms with Crippen molar-refractivity contribution in [3.8, 4) is 0 Å². The summed E-state index contributed by atoms with van der Waals surface area (Å²) >= 11 is 0. The maximum atomic E-state index is 12.6. The van der Waals surface area contributed by atoms with Gasteiger partial charge in [-0.25, -0.2) is 0 Å². The molecule has 23 heavy (non-hydrogen) atoms. The molecule has 0 spiro atoms. The number of β-lactam (4-membered cyclic amide) rings is 1. The van der Waals surface area contributed by atoms with E-state index in [0.717, 1.165) is 17.7 Å². The SMILES string of the molecule is N[C@@H]1C(=O)N(Cc2ccccc2)[C@@H]1c1ccc(C(F)(F)F)cc1. The number of hydrogen-bond acceptors (Lipinski definition) is 2. The maximum absolute atomic E-state index is 12.6. The van der Waals surface area contributed by atoms with Crippen LogP contribution in [0.2, 0.25) is 0 Å². The Morgan fingerprint density at radius 1 is 1.00 bits per heavy atom. The summed E-state index contributed by atoms with van der Waals surface area (Å²) in [7, 11) is 0. The quantitative estimate of drug-likeness (QED) is 0.883. The van der Waals surface area contributed by atoms with Crippen LogP contribution in [0.15, 0.2) is 54.6 Å². The van der Waals surface area contributed by atoms with Gasteiger partial charge in [0.25, 0.3) is 0 Å². The first-order valence-corrected chi connectivity index (χ1v) is 7.15. The van der Waals surface area contributed by atoms with Crippen LogP contribution in [0.1, 0.15) is 22.7 Å². The Kier molecular flexibility index (Phi) is 3.85. The summed E-state index contributed by atoms with van der Waals surface area (Å²) in [5.74, 6) is -0.196. The molecule has 0 unspecified atom stereocenters. The predicted octanol–water partition coefficient (Wildman–Crippen LogP) is 3.12. The smallest absolute Gasteiger partial charge is 0.328 e. The van der Waals surface area contributed by atoms with E-state index in [4.69, 9.17) is 5.73 Å². The molecule has 120 valence electrons. The molecule has 3 rings (SSSR count). The lowest BCUT2D eigenvalue weighted by Crippen LogP contribution is -2.62. The molecule has 1 saturated heterocycles. The lowest BCUT2D eigenvalue weighted by molar-refractivity contribution is -0.150. The number of carbonyl (C=O) groups excluding carboxylic acids is 1. The molecule has 1 amide bonds. The Morgan fingerprint density at radius 3 is 2.17 bits per heavy atom. The van der Waals surface area contributed by atoms with Gasteiger partial charge < -0.3 is 10.6 Å². The molecule has 2 N–H and O–H groups in total. The van der Waals surface area contributed by atoms with Gasteiger partial charge in [-0.05, 0) is 23.3 Å². The molecular weight excluding hydrogens is 305 g/mol. The highest BCUT2D eigenvalue weighted by Gasteiger charge is 2.45. The largest absolute Gasteiger partial charge is 0.416 e. The van der Waals surface area contributed by atoms with Crippen LogP contribution in [-0.4, -0.2) is 16.8 Å². The van der Waals surface area contributed by atoms with Crippen molar-refractivity contribution in [2.45, 2.75) is 24.8 Å². The molecule has 0 aromatic heterocycles. The summed E-state index contributed by atoms with van der Waals surface area (Å²) in [6, 6.07) is 13.1. The molecule has 2 atom stereocenters. The minimum absolute atomic E-state index is 0.196. The van der Waals surface area contributed by atoms with Crippen LogP contribution in [0, 0.1) is 0 Å². The lowest BCUT2D eigenvalue weighted by Gasteiger charge is -2.45. The van der Waals surface area contributed by atoms with Crippen LogP contribution in [0.4, 0.5) is 13.2 Å². The van der Waals surface area contributed by atoms with Crippen molar-refractivity contribution >= 4 is 5.91 Å². The second-order valence-corrected chi connectivity index (χ2v) is 5.54. The van der Waals surface area contributed by atoms with Gasteiger partial charge in [0.2, 0.25) is 5.91 Å². The van der Waals surface area contributed by atoms with Gasteiger partial charge in [-0.1, -0.05) is 42.5 Å². The van der Waals surface area contributed by atoms with Gasteiger partial charge in [-0.2, -0.15) is 13.2 Å². The predicted molar refractivity (Wildman–Crippen MR) is 79.2 cm³/mol. The molecule has 3 nitrogen and oxygen atoms in total. The van der Waals surface area contributed by atoms with Gasteiger partial charge in [-0.3, -0.25) is 4.79 Å². The third-order valence-corrected chi connectivity index (χ3v) is 4.02. The summed E-state index contributed by atoms with van der Waals surface area (Å²) in [4.78, 5) is 13.6. The van der Waals surface area contributed by atoms with Crippen molar-refractivity contribution in [3.05, 3.63) is 71.3 Å². The molecule has 0 aliphatic carbocycles. The van der Waals surface area contributed by atoms with Gasteiger partial charge in [0.05, 0.1) is 11.6 Å². The minimum atomic E-state index is -4.38. The average Bonchev–Trinajstić information content (AvgIpc) is 2.54. The Balaban J connectivity index is 1.81. The first-order valence-electron chi connectivity index (χ1n) is 7.15. The molecule has 0 saturated carbocycles. The Bertz CT molecular complexity index is 698. The number of alkyl halides is 3. The van der Waals surface area contributed by atoms with Crippen molar-refractivity contribution in [2.24, 2.45) is 5.73 Å². The number of carbonyl (C=O) groups is 1. The molecule has 2 aromatic carbocycles. The fraction of sp³-hybridized carbons (Fsp3) is 0.235. The third-order valence-electron chi connectivity index (χ3n) is 4.02. The van der Waals surface area contributed by atoms with Gasteiger partial charge in [-0.15, -0.1) is 0 Å². The van der Waals surface area contributed by atoms with E-state index < -0.39 is 23.8 Å². The van der Waals surface area contributed by atoms with E-state index in [1.807, 2.05) is 30.3 Å². The van der Waals surface area contributed by atoms with Crippen molar-refractivity contribution < 1.29 is 18.0 Å². The molecule has 0 radical (unpaired) electrons. The van der Waals surface area contributed by atoms with Crippen molar-refractivity contribution in [1.82, 2.24) is 4.90 Å². The van der Waals surface area contributed by atoms with Gasteiger partial charge in [0, 0.05) is 6.54 Å². The first kappa shape index (κ1) is 15.6. The zero-order valence-corrected chi connectivity index (χ0v) is 12.1. The van der Waals surface area contributed by atoms with Crippen LogP contribution in [-0.2, 0) is 17.5 Å². The zero-order chi connectivity index (χ0) is 16.6. The molecule has 1 fully saturated rings. The topological polar surface area (TPSA) is 46.3 Å². The Hall–Kier alpha value is -2.34. The van der Waals surface area contributed by atoms with E-state index in [1.54, 1.807) is 4.90 Å². The maximum Gasteiger partial charge on any atom is 0.416 e. The number of halogens is 3. The summed E-state index contributed by atoms with van der Waals surface area (Å²) in [6.07, 6.45) is -4.38. The number of benzene rings is 2. The van der Waals surface area contributed by atoms with Gasteiger partial charge in [0.1, 0.15) is 6.04 Å². The molecular formula is C17H15F3N2O. The number of rotatable bonds is 3. The standard InChI is InChI=1S/C17H15F3N2O/c18-17(19,20)13-8-6-12(7-9-13)15-14(21)16(23)22(15)10-11-4-2-1-3-5-11/h1-9,14-15H,10,21H2/t14-,15+/m0/s1. The van der Waals surface area contributed by atoms with E-state index >= 15 is 0 Å². The zero-order valence-electron chi connectivity index (χ0n) is 12.1. The first-order chi connectivity index (χ1) is 10.9. The number of nitrogens with two attached hydrogens (primary N) is 1. The number of amides is 1. The highest BCUT2D eigenvalue weighted by molar-refractivity contribution is 5.89. The van der Waals surface area contributed by atoms with Crippen LogP contribution in [0.25, 0.3) is 0 Å². The summed E-state index contributed by atoms with van der Waals surface area (Å²) in [5.41, 5.74) is 6.70. The average molecular weight is 320 g/mol. The fourth-order valence-electron chi connectivity index (χ4n) is 2.79. The Labute approximate surface area is 131 Å². The van der Waals surface area contributed by atoms with Crippen LogP contribution >= 0.6 is 0 Å². The van der Waals surface area contributed by atoms with Crippen molar-refractivity contribution in [2.75, 3.05) is 0 Å². The van der Waals surface area contributed by atoms with Crippen molar-refractivity contribution in [1.29, 1.82) is 0 Å². The van der Waals surface area contributed by atoms with E-state index in [2.05, 4.69) is 0 Å². The number of nitrogens with zero attached hydrogens (tertiary/aromatic N) is 1. The molecule has 1 heterocycles. The molecule has 1 aliphatic rings. The normalized spacial score (nSPS) is 21.2. The van der Waals surface area contributed by atoms with Crippen molar-refractivity contribution in [3.63, 3.8) is 0 Å². The second-order valence-electron chi connectivity index (χ2n) is 5.54. The van der Waals surface area contributed by atoms with Gasteiger partial charge >= 0.3 is 6.18 Å². The minimum Gasteiger partial charge on any atom is -0.328 e. The molecule has 0 bridgehead atoms. The third kappa shape index (κ3) is 2.94. The van der Waals surface area contributed by atoms with Crippen LogP contribution in [0.3, 0.4) is 0 Å². The fourth-order valence-corrected chi connectivity index (χ4v) is 2.79. The van der Waals surface area contributed by atoms with Gasteiger partial charge in [0.15, 0.2) is 0 Å². The number of hydrogen-bond donors (Lipinski definition) is 1. The van der Waals surface area contributed by atoms with E-state index in [-0.39, 0.29) is 5.91 Å². The van der Waals surface area contributed by atoms with Crippen LogP contribution < -0.4 is 5.73 Å². The highest BCUT2D eigenvalue weighted by atomic mass is 19.4. The van der Waals surface area contributed by atoms with Crippen LogP contribution in [0.5, 0.6) is 0 Å². The molecule has 1 aliphatic heterocycles. The highest BCUT2D eigenvalue weighted by Crippen LogP contribution is 2.36. The lowest BCUT2D eigenvalue weighted by atomic mass is 9.88. The number of likely N-dealkylation sites (tertiary alicyclic amines) is 1. The summed E-state index contributed by atoms with van der Waals surface area (Å²) in [5, 5.41) is 0. The summed E-state index contributed by atoms with van der Waals surface area (Å²) < 4.78 is 37.9. The summed E-state index contributed by atoms with van der Waals surface area (Å²) in [6.45, 7) is 0.388. The van der Waals surface area contributed by atoms with E-state index in [9.17, 15) is 18.0 Å². The second kappa shape index (κ2) is 5.70. The monoisotopic (exact) mass is 320 g/mol. The Morgan fingerprint density at radius 2 is 1.61 bits per heavy atom. The van der Waals surface area contributed by atoms with E-state index in [1.165, 1.54) is 12.1 Å². The molecule has 6 heteroatoms. The van der Waals surface area contributed by atoms with E-state index in [0.29, 0.717) is 12.1 Å².